The van der Waals surface area contributed by atoms with Crippen LogP contribution in [0.25, 0.3) is 0 Å². The average Bonchev–Trinajstić information content (AvgIpc) is 2.95. The Morgan fingerprint density at radius 2 is 2.06 bits per heavy atom. The molecule has 3 heteroatoms. The summed E-state index contributed by atoms with van der Waals surface area (Å²) in [5.74, 6) is 1.05. The van der Waals surface area contributed by atoms with Gasteiger partial charge in [0.2, 0.25) is 0 Å². The summed E-state index contributed by atoms with van der Waals surface area (Å²) in [6.45, 7) is 4.29. The lowest BCUT2D eigenvalue weighted by Crippen LogP contribution is -2.18. The van der Waals surface area contributed by atoms with Gasteiger partial charge in [0, 0.05) is 16.2 Å². The van der Waals surface area contributed by atoms with Crippen LogP contribution < -0.4 is 5.32 Å². The highest BCUT2D eigenvalue weighted by Gasteiger charge is 2.16. The number of rotatable bonds is 5. The third kappa shape index (κ3) is 2.79. The molecule has 0 aliphatic rings. The van der Waals surface area contributed by atoms with E-state index in [1.165, 1.54) is 15.3 Å². The minimum atomic E-state index is 0.272. The predicted molar refractivity (Wildman–Crippen MR) is 72.6 cm³/mol. The van der Waals surface area contributed by atoms with Gasteiger partial charge in [0.1, 0.15) is 5.76 Å². The van der Waals surface area contributed by atoms with E-state index in [-0.39, 0.29) is 6.04 Å². The molecule has 0 saturated heterocycles. The van der Waals surface area contributed by atoms with Gasteiger partial charge in [0.15, 0.2) is 0 Å². The Morgan fingerprint density at radius 1 is 1.29 bits per heavy atom. The fourth-order valence-corrected chi connectivity index (χ4v) is 2.99. The summed E-state index contributed by atoms with van der Waals surface area (Å²) in [7, 11) is 1.99. The summed E-state index contributed by atoms with van der Waals surface area (Å²) in [4.78, 5) is 2.86. The fourth-order valence-electron chi connectivity index (χ4n) is 1.99. The van der Waals surface area contributed by atoms with E-state index in [4.69, 9.17) is 4.42 Å². The zero-order chi connectivity index (χ0) is 12.3. The van der Waals surface area contributed by atoms with Gasteiger partial charge in [0.05, 0.1) is 12.3 Å². The second kappa shape index (κ2) is 5.52. The van der Waals surface area contributed by atoms with Gasteiger partial charge in [-0.15, -0.1) is 11.3 Å². The van der Waals surface area contributed by atoms with Crippen molar-refractivity contribution in [2.45, 2.75) is 32.7 Å². The number of aryl methyl sites for hydroxylation is 2. The van der Waals surface area contributed by atoms with E-state index in [0.29, 0.717) is 0 Å². The third-order valence-corrected chi connectivity index (χ3v) is 4.29. The number of hydrogen-bond acceptors (Lipinski definition) is 3. The van der Waals surface area contributed by atoms with Crippen molar-refractivity contribution in [1.82, 2.24) is 5.32 Å². The molecule has 0 aliphatic carbocycles. The third-order valence-electron chi connectivity index (χ3n) is 3.04. The standard InChI is InChI=1S/C14H19NOS/c1-4-11-5-6-12(17-11)9-13(15-3)14-10(2)7-8-16-14/h5-8,13,15H,4,9H2,1-3H3. The summed E-state index contributed by atoms with van der Waals surface area (Å²) in [5, 5.41) is 3.33. The van der Waals surface area contributed by atoms with E-state index >= 15 is 0 Å². The van der Waals surface area contributed by atoms with E-state index in [2.05, 4.69) is 31.3 Å². The van der Waals surface area contributed by atoms with Crippen LogP contribution in [-0.4, -0.2) is 7.05 Å². The summed E-state index contributed by atoms with van der Waals surface area (Å²) in [6.07, 6.45) is 3.88. The quantitative estimate of drug-likeness (QED) is 0.873. The SMILES string of the molecule is CCc1ccc(CC(NC)c2occc2C)s1. The van der Waals surface area contributed by atoms with Gasteiger partial charge in [-0.2, -0.15) is 0 Å². The van der Waals surface area contributed by atoms with Crippen molar-refractivity contribution in [3.8, 4) is 0 Å². The summed E-state index contributed by atoms with van der Waals surface area (Å²) < 4.78 is 5.56. The molecular weight excluding hydrogens is 230 g/mol. The van der Waals surface area contributed by atoms with Crippen LogP contribution in [0.1, 0.15) is 34.0 Å². The van der Waals surface area contributed by atoms with Gasteiger partial charge >= 0.3 is 0 Å². The van der Waals surface area contributed by atoms with Crippen molar-refractivity contribution in [2.24, 2.45) is 0 Å². The summed E-state index contributed by atoms with van der Waals surface area (Å²) >= 11 is 1.90. The molecule has 2 heterocycles. The molecule has 0 fully saturated rings. The van der Waals surface area contributed by atoms with Crippen LogP contribution >= 0.6 is 11.3 Å². The Labute approximate surface area is 107 Å². The number of likely N-dealkylation sites (N-methyl/N-ethyl adjacent to an activating group) is 1. The minimum absolute atomic E-state index is 0.272. The topological polar surface area (TPSA) is 25.2 Å². The van der Waals surface area contributed by atoms with Gasteiger partial charge in [-0.3, -0.25) is 0 Å². The smallest absolute Gasteiger partial charge is 0.123 e. The number of hydrogen-bond donors (Lipinski definition) is 1. The lowest BCUT2D eigenvalue weighted by molar-refractivity contribution is 0.428. The van der Waals surface area contributed by atoms with Crippen molar-refractivity contribution < 1.29 is 4.42 Å². The zero-order valence-corrected chi connectivity index (χ0v) is 11.4. The highest BCUT2D eigenvalue weighted by atomic mass is 32.1. The molecule has 1 unspecified atom stereocenters. The molecule has 0 aromatic carbocycles. The van der Waals surface area contributed by atoms with Gasteiger partial charge < -0.3 is 9.73 Å². The normalized spacial score (nSPS) is 12.9. The highest BCUT2D eigenvalue weighted by Crippen LogP contribution is 2.26. The number of thiophene rings is 1. The first-order chi connectivity index (χ1) is 8.24. The molecule has 2 aromatic heterocycles. The molecule has 2 rings (SSSR count). The maximum Gasteiger partial charge on any atom is 0.123 e. The largest absolute Gasteiger partial charge is 0.467 e. The molecule has 0 spiro atoms. The maximum atomic E-state index is 5.56. The molecule has 2 aromatic rings. The molecule has 0 aliphatic heterocycles. The molecule has 0 saturated carbocycles. The van der Waals surface area contributed by atoms with Gasteiger partial charge in [-0.25, -0.2) is 0 Å². The monoisotopic (exact) mass is 249 g/mol. The van der Waals surface area contributed by atoms with Crippen LogP contribution in [0.3, 0.4) is 0 Å². The van der Waals surface area contributed by atoms with Crippen LogP contribution in [0.4, 0.5) is 0 Å². The molecule has 0 radical (unpaired) electrons. The molecule has 0 amide bonds. The first kappa shape index (κ1) is 12.4. The summed E-state index contributed by atoms with van der Waals surface area (Å²) in [6, 6.07) is 6.74. The van der Waals surface area contributed by atoms with Crippen LogP contribution in [0.5, 0.6) is 0 Å². The minimum Gasteiger partial charge on any atom is -0.467 e. The second-order valence-corrected chi connectivity index (χ2v) is 5.49. The van der Waals surface area contributed by atoms with Crippen molar-refractivity contribution in [3.63, 3.8) is 0 Å². The van der Waals surface area contributed by atoms with E-state index in [1.54, 1.807) is 6.26 Å². The van der Waals surface area contributed by atoms with Gasteiger partial charge in [-0.05, 0) is 44.2 Å². The van der Waals surface area contributed by atoms with Crippen molar-refractivity contribution in [1.29, 1.82) is 0 Å². The Bertz CT molecular complexity index is 472. The average molecular weight is 249 g/mol. The number of furan rings is 1. The van der Waals surface area contributed by atoms with Crippen LogP contribution in [0, 0.1) is 6.92 Å². The van der Waals surface area contributed by atoms with Crippen molar-refractivity contribution in [3.05, 3.63) is 45.5 Å². The van der Waals surface area contributed by atoms with Crippen LogP contribution in [-0.2, 0) is 12.8 Å². The van der Waals surface area contributed by atoms with Gasteiger partial charge in [0.25, 0.3) is 0 Å². The zero-order valence-electron chi connectivity index (χ0n) is 10.6. The molecule has 17 heavy (non-hydrogen) atoms. The van der Waals surface area contributed by atoms with Crippen LogP contribution in [0.2, 0.25) is 0 Å². The molecular formula is C14H19NOS. The van der Waals surface area contributed by atoms with Crippen molar-refractivity contribution in [2.75, 3.05) is 7.05 Å². The molecule has 1 atom stereocenters. The van der Waals surface area contributed by atoms with E-state index in [0.717, 1.165) is 18.6 Å². The highest BCUT2D eigenvalue weighted by molar-refractivity contribution is 7.11. The number of nitrogens with one attached hydrogen (secondary N) is 1. The second-order valence-electron chi connectivity index (χ2n) is 4.23. The Morgan fingerprint density at radius 3 is 2.59 bits per heavy atom. The van der Waals surface area contributed by atoms with Crippen molar-refractivity contribution >= 4 is 11.3 Å². The van der Waals surface area contributed by atoms with E-state index in [1.807, 2.05) is 24.5 Å². The Kier molecular flexibility index (Phi) is 4.02. The fraction of sp³-hybridized carbons (Fsp3) is 0.429. The molecule has 92 valence electrons. The van der Waals surface area contributed by atoms with E-state index in [9.17, 15) is 0 Å². The molecule has 2 nitrogen and oxygen atoms in total. The molecule has 0 bridgehead atoms. The molecule has 1 N–H and O–H groups in total. The van der Waals surface area contributed by atoms with Gasteiger partial charge in [-0.1, -0.05) is 6.92 Å². The lowest BCUT2D eigenvalue weighted by Gasteiger charge is -2.13. The predicted octanol–water partition coefficient (Wildman–Crippen LogP) is 3.72. The first-order valence-electron chi connectivity index (χ1n) is 6.03. The van der Waals surface area contributed by atoms with E-state index < -0.39 is 0 Å². The first-order valence-corrected chi connectivity index (χ1v) is 6.85. The maximum absolute atomic E-state index is 5.56. The van der Waals surface area contributed by atoms with Crippen LogP contribution in [0.15, 0.2) is 28.9 Å². The Balaban J connectivity index is 2.12. The Hall–Kier alpha value is -1.06. The lowest BCUT2D eigenvalue weighted by atomic mass is 10.1. The summed E-state index contributed by atoms with van der Waals surface area (Å²) in [5.41, 5.74) is 1.22.